The van der Waals surface area contributed by atoms with Crippen LogP contribution in [0.5, 0.6) is 0 Å². The average Bonchev–Trinajstić information content (AvgIpc) is 1.96. The van der Waals surface area contributed by atoms with Gasteiger partial charge in [0.2, 0.25) is 5.24 Å². The molecule has 0 aromatic heterocycles. The van der Waals surface area contributed by atoms with Crippen molar-refractivity contribution >= 4 is 21.3 Å². The summed E-state index contributed by atoms with van der Waals surface area (Å²) in [7, 11) is -0.563. The third kappa shape index (κ3) is 5.46. The van der Waals surface area contributed by atoms with Crippen molar-refractivity contribution in [2.75, 3.05) is 12.3 Å². The van der Waals surface area contributed by atoms with Gasteiger partial charge >= 0.3 is 0 Å². The number of aliphatic hydroxyl groups is 2. The molecule has 0 heterocycles. The van der Waals surface area contributed by atoms with Gasteiger partial charge in [0.25, 0.3) is 0 Å². The zero-order valence-corrected chi connectivity index (χ0v) is 8.64. The number of rotatable bonds is 4. The quantitative estimate of drug-likeness (QED) is 0.406. The molecular weight excluding hydrogens is 174 g/mol. The molecule has 0 aliphatic heterocycles. The predicted molar refractivity (Wildman–Crippen MR) is 56.6 cm³/mol. The van der Waals surface area contributed by atoms with E-state index in [1.165, 1.54) is 0 Å². The van der Waals surface area contributed by atoms with Crippen molar-refractivity contribution < 1.29 is 10.2 Å². The first-order valence-corrected chi connectivity index (χ1v) is 5.48. The van der Waals surface area contributed by atoms with E-state index in [0.717, 1.165) is 6.54 Å². The SMILES string of the molecule is CCS(C=NCC(C)C)=C(O)O. The standard InChI is InChI=1S/C8H17NO2S/c1-4-12(8(10)11)6-9-5-7(2)3/h6-7,10-11H,4-5H2,1-3H3. The second kappa shape index (κ2) is 6.34. The molecule has 0 saturated heterocycles. The Morgan fingerprint density at radius 3 is 2.42 bits per heavy atom. The Kier molecular flexibility index (Phi) is 6.24. The summed E-state index contributed by atoms with van der Waals surface area (Å²) in [5.74, 6) is 1.22. The van der Waals surface area contributed by atoms with Crippen molar-refractivity contribution in [1.82, 2.24) is 0 Å². The lowest BCUT2D eigenvalue weighted by Gasteiger charge is -2.00. The lowest BCUT2D eigenvalue weighted by molar-refractivity contribution is 0.385. The Bertz CT molecular complexity index is 183. The lowest BCUT2D eigenvalue weighted by atomic mass is 10.2. The van der Waals surface area contributed by atoms with Gasteiger partial charge in [-0.15, -0.1) is 0 Å². The van der Waals surface area contributed by atoms with Crippen LogP contribution in [0, 0.1) is 5.92 Å². The normalized spacial score (nSPS) is 14.2. The van der Waals surface area contributed by atoms with Crippen molar-refractivity contribution in [2.24, 2.45) is 10.9 Å². The van der Waals surface area contributed by atoms with Gasteiger partial charge in [0.05, 0.1) is 5.55 Å². The first-order valence-electron chi connectivity index (χ1n) is 4.02. The summed E-state index contributed by atoms with van der Waals surface area (Å²) in [6.45, 7) is 6.79. The van der Waals surface area contributed by atoms with Crippen LogP contribution in [0.3, 0.4) is 0 Å². The highest BCUT2D eigenvalue weighted by Crippen LogP contribution is 2.08. The smallest absolute Gasteiger partial charge is 0.210 e. The second-order valence-corrected chi connectivity index (χ2v) is 4.88. The van der Waals surface area contributed by atoms with E-state index in [1.807, 2.05) is 6.92 Å². The molecule has 1 unspecified atom stereocenters. The molecule has 0 aromatic carbocycles. The Morgan fingerprint density at radius 2 is 2.08 bits per heavy atom. The molecule has 1 atom stereocenters. The summed E-state index contributed by atoms with van der Waals surface area (Å²) in [5.41, 5.74) is 1.63. The third-order valence-corrected chi connectivity index (χ3v) is 2.71. The maximum atomic E-state index is 8.77. The van der Waals surface area contributed by atoms with Gasteiger partial charge in [-0.05, 0) is 11.7 Å². The molecule has 0 aliphatic rings. The molecule has 0 spiro atoms. The zero-order chi connectivity index (χ0) is 9.56. The Balaban J connectivity index is 4.04. The number of aliphatic imine (C=N–C) groups is 1. The highest BCUT2D eigenvalue weighted by Gasteiger charge is 1.94. The summed E-state index contributed by atoms with van der Waals surface area (Å²) < 4.78 is 0. The van der Waals surface area contributed by atoms with Crippen LogP contribution in [0.2, 0.25) is 0 Å². The van der Waals surface area contributed by atoms with Gasteiger partial charge in [0.15, 0.2) is 0 Å². The number of hydrogen-bond acceptors (Lipinski definition) is 1. The van der Waals surface area contributed by atoms with E-state index in [0.29, 0.717) is 11.7 Å². The van der Waals surface area contributed by atoms with Crippen LogP contribution in [0.15, 0.2) is 4.99 Å². The van der Waals surface area contributed by atoms with Crippen LogP contribution in [0.25, 0.3) is 0 Å². The average molecular weight is 191 g/mol. The van der Waals surface area contributed by atoms with Crippen LogP contribution in [0.4, 0.5) is 0 Å². The minimum Gasteiger partial charge on any atom is -0.336 e. The van der Waals surface area contributed by atoms with E-state index in [-0.39, 0.29) is 0 Å². The Morgan fingerprint density at radius 1 is 1.50 bits per heavy atom. The molecule has 3 nitrogen and oxygen atoms in total. The van der Waals surface area contributed by atoms with Gasteiger partial charge in [-0.2, -0.15) is 0 Å². The monoisotopic (exact) mass is 191 g/mol. The Hall–Kier alpha value is -0.190. The fourth-order valence-corrected chi connectivity index (χ4v) is 1.36. The maximum absolute atomic E-state index is 8.77. The molecule has 0 aromatic rings. The predicted octanol–water partition coefficient (Wildman–Crippen LogP) is 2.16. The summed E-state index contributed by atoms with van der Waals surface area (Å²) in [4.78, 5) is 4.11. The van der Waals surface area contributed by atoms with Gasteiger partial charge < -0.3 is 10.2 Å². The molecule has 12 heavy (non-hydrogen) atoms. The van der Waals surface area contributed by atoms with Crippen molar-refractivity contribution in [3.05, 3.63) is 0 Å². The first-order chi connectivity index (χ1) is 5.57. The second-order valence-electron chi connectivity index (χ2n) is 2.86. The largest absolute Gasteiger partial charge is 0.336 e. The number of aliphatic hydroxyl groups excluding tert-OH is 1. The number of hydrogen-bond donors (Lipinski definition) is 2. The molecule has 72 valence electrons. The first kappa shape index (κ1) is 11.8. The van der Waals surface area contributed by atoms with Crippen molar-refractivity contribution in [3.63, 3.8) is 0 Å². The van der Waals surface area contributed by atoms with Gasteiger partial charge in [-0.1, -0.05) is 31.3 Å². The zero-order valence-electron chi connectivity index (χ0n) is 7.82. The number of nitrogens with zero attached hydrogens (tertiary/aromatic N) is 1. The molecule has 0 saturated carbocycles. The van der Waals surface area contributed by atoms with Crippen LogP contribution in [-0.4, -0.2) is 33.3 Å². The molecule has 0 aliphatic carbocycles. The summed E-state index contributed by atoms with van der Waals surface area (Å²) in [6.07, 6.45) is 0. The van der Waals surface area contributed by atoms with E-state index in [4.69, 9.17) is 10.2 Å². The highest BCUT2D eigenvalue weighted by molar-refractivity contribution is 8.26. The molecule has 2 N–H and O–H groups in total. The van der Waals surface area contributed by atoms with Crippen molar-refractivity contribution in [3.8, 4) is 0 Å². The molecule has 0 amide bonds. The molecule has 0 bridgehead atoms. The third-order valence-electron chi connectivity index (χ3n) is 1.22. The summed E-state index contributed by atoms with van der Waals surface area (Å²) >= 11 is 0. The van der Waals surface area contributed by atoms with Gasteiger partial charge in [0, 0.05) is 6.54 Å². The summed E-state index contributed by atoms with van der Waals surface area (Å²) in [5, 5.41) is 17.0. The lowest BCUT2D eigenvalue weighted by Crippen LogP contribution is -1.97. The molecule has 4 heteroatoms. The van der Waals surface area contributed by atoms with Crippen LogP contribution < -0.4 is 0 Å². The molecule has 0 fully saturated rings. The van der Waals surface area contributed by atoms with Gasteiger partial charge in [-0.3, -0.25) is 4.99 Å². The maximum Gasteiger partial charge on any atom is 0.210 e. The van der Waals surface area contributed by atoms with Crippen LogP contribution >= 0.6 is 10.5 Å². The minimum absolute atomic E-state index is 0.509. The highest BCUT2D eigenvalue weighted by atomic mass is 32.2. The summed E-state index contributed by atoms with van der Waals surface area (Å²) in [6, 6.07) is 0. The van der Waals surface area contributed by atoms with E-state index in [1.54, 1.807) is 5.55 Å². The van der Waals surface area contributed by atoms with E-state index in [2.05, 4.69) is 18.8 Å². The topological polar surface area (TPSA) is 52.8 Å². The van der Waals surface area contributed by atoms with Crippen molar-refractivity contribution in [1.29, 1.82) is 0 Å². The van der Waals surface area contributed by atoms with E-state index < -0.39 is 15.7 Å². The fourth-order valence-electron chi connectivity index (χ4n) is 0.595. The fraction of sp³-hybridized carbons (Fsp3) is 0.750. The molecule has 0 radical (unpaired) electrons. The molecule has 0 rings (SSSR count). The van der Waals surface area contributed by atoms with Gasteiger partial charge in [-0.25, -0.2) is 0 Å². The molecular formula is C8H17NO2S. The van der Waals surface area contributed by atoms with Crippen LogP contribution in [-0.2, 0) is 0 Å². The Labute approximate surface area is 76.1 Å². The van der Waals surface area contributed by atoms with E-state index >= 15 is 0 Å². The minimum atomic E-state index is -0.563. The van der Waals surface area contributed by atoms with Crippen LogP contribution in [0.1, 0.15) is 20.8 Å². The van der Waals surface area contributed by atoms with E-state index in [9.17, 15) is 0 Å². The van der Waals surface area contributed by atoms with Crippen molar-refractivity contribution in [2.45, 2.75) is 20.8 Å². The van der Waals surface area contributed by atoms with Gasteiger partial charge in [0.1, 0.15) is 0 Å².